The van der Waals surface area contributed by atoms with E-state index in [4.69, 9.17) is 0 Å². The lowest BCUT2D eigenvalue weighted by Crippen LogP contribution is -2.51. The SMILES string of the molecule is CCCNCCNC(=O)C(NC(=O)Cc1ccc2ccccc2c1)C(C)C. The van der Waals surface area contributed by atoms with Crippen LogP contribution in [0.4, 0.5) is 0 Å². The summed E-state index contributed by atoms with van der Waals surface area (Å²) in [5, 5.41) is 11.3. The zero-order valence-electron chi connectivity index (χ0n) is 16.5. The van der Waals surface area contributed by atoms with Gasteiger partial charge in [-0.2, -0.15) is 0 Å². The zero-order valence-corrected chi connectivity index (χ0v) is 16.5. The molecule has 2 aromatic carbocycles. The van der Waals surface area contributed by atoms with Crippen molar-refractivity contribution in [1.82, 2.24) is 16.0 Å². The highest BCUT2D eigenvalue weighted by Crippen LogP contribution is 2.16. The molecule has 0 aliphatic heterocycles. The zero-order chi connectivity index (χ0) is 19.6. The Hall–Kier alpha value is -2.40. The molecule has 1 atom stereocenters. The van der Waals surface area contributed by atoms with Gasteiger partial charge in [-0.15, -0.1) is 0 Å². The monoisotopic (exact) mass is 369 g/mol. The molecule has 0 radical (unpaired) electrons. The largest absolute Gasteiger partial charge is 0.353 e. The van der Waals surface area contributed by atoms with Gasteiger partial charge in [-0.05, 0) is 35.2 Å². The summed E-state index contributed by atoms with van der Waals surface area (Å²) in [6.07, 6.45) is 1.33. The Balaban J connectivity index is 1.90. The fraction of sp³-hybridized carbons (Fsp3) is 0.455. The number of carbonyl (C=O) groups excluding carboxylic acids is 2. The lowest BCUT2D eigenvalue weighted by atomic mass is 10.0. The van der Waals surface area contributed by atoms with Crippen molar-refractivity contribution in [2.45, 2.75) is 39.7 Å². The van der Waals surface area contributed by atoms with Gasteiger partial charge in [0, 0.05) is 13.1 Å². The van der Waals surface area contributed by atoms with Gasteiger partial charge < -0.3 is 16.0 Å². The van der Waals surface area contributed by atoms with E-state index in [1.54, 1.807) is 0 Å². The van der Waals surface area contributed by atoms with Crippen molar-refractivity contribution in [2.75, 3.05) is 19.6 Å². The van der Waals surface area contributed by atoms with E-state index in [1.807, 2.05) is 56.3 Å². The van der Waals surface area contributed by atoms with Crippen LogP contribution >= 0.6 is 0 Å². The highest BCUT2D eigenvalue weighted by molar-refractivity contribution is 5.89. The number of amides is 2. The van der Waals surface area contributed by atoms with Crippen molar-refractivity contribution >= 4 is 22.6 Å². The lowest BCUT2D eigenvalue weighted by Gasteiger charge is -2.22. The average molecular weight is 370 g/mol. The number of hydrogen-bond acceptors (Lipinski definition) is 3. The minimum absolute atomic E-state index is 0.0224. The first-order valence-electron chi connectivity index (χ1n) is 9.76. The summed E-state index contributed by atoms with van der Waals surface area (Å²) in [6.45, 7) is 8.21. The molecule has 5 heteroatoms. The number of hydrogen-bond donors (Lipinski definition) is 3. The second-order valence-electron chi connectivity index (χ2n) is 7.19. The Morgan fingerprint density at radius 2 is 1.70 bits per heavy atom. The van der Waals surface area contributed by atoms with Crippen molar-refractivity contribution in [2.24, 2.45) is 5.92 Å². The molecule has 0 aliphatic carbocycles. The first kappa shape index (κ1) is 20.9. The Kier molecular flexibility index (Phi) is 8.27. The van der Waals surface area contributed by atoms with Crippen LogP contribution in [0.25, 0.3) is 10.8 Å². The lowest BCUT2D eigenvalue weighted by molar-refractivity contribution is -0.129. The summed E-state index contributed by atoms with van der Waals surface area (Å²) in [5.74, 6) is -0.243. The van der Waals surface area contributed by atoms with Gasteiger partial charge in [0.2, 0.25) is 11.8 Å². The molecule has 0 spiro atoms. The summed E-state index contributed by atoms with van der Waals surface area (Å²) in [6, 6.07) is 13.6. The van der Waals surface area contributed by atoms with Gasteiger partial charge in [-0.25, -0.2) is 0 Å². The van der Waals surface area contributed by atoms with Crippen LogP contribution in [0.5, 0.6) is 0 Å². The highest BCUT2D eigenvalue weighted by atomic mass is 16.2. The Bertz CT molecular complexity index is 758. The smallest absolute Gasteiger partial charge is 0.242 e. The highest BCUT2D eigenvalue weighted by Gasteiger charge is 2.23. The molecule has 0 bridgehead atoms. The molecule has 1 unspecified atom stereocenters. The molecule has 2 rings (SSSR count). The van der Waals surface area contributed by atoms with Gasteiger partial charge >= 0.3 is 0 Å². The van der Waals surface area contributed by atoms with E-state index >= 15 is 0 Å². The van der Waals surface area contributed by atoms with Crippen molar-refractivity contribution < 1.29 is 9.59 Å². The van der Waals surface area contributed by atoms with Crippen molar-refractivity contribution in [3.63, 3.8) is 0 Å². The molecule has 0 fully saturated rings. The van der Waals surface area contributed by atoms with Crippen LogP contribution in [0.3, 0.4) is 0 Å². The van der Waals surface area contributed by atoms with Crippen LogP contribution < -0.4 is 16.0 Å². The second-order valence-corrected chi connectivity index (χ2v) is 7.19. The fourth-order valence-corrected chi connectivity index (χ4v) is 2.98. The van der Waals surface area contributed by atoms with E-state index in [-0.39, 0.29) is 24.2 Å². The maximum atomic E-state index is 12.5. The van der Waals surface area contributed by atoms with Crippen LogP contribution in [0, 0.1) is 5.92 Å². The van der Waals surface area contributed by atoms with Gasteiger partial charge in [0.1, 0.15) is 6.04 Å². The number of fused-ring (bicyclic) bond motifs is 1. The van der Waals surface area contributed by atoms with E-state index in [9.17, 15) is 9.59 Å². The maximum absolute atomic E-state index is 12.5. The molecule has 2 aromatic rings. The predicted molar refractivity (Wildman–Crippen MR) is 111 cm³/mol. The summed E-state index contributed by atoms with van der Waals surface area (Å²) in [7, 11) is 0. The van der Waals surface area contributed by atoms with Crippen LogP contribution in [-0.2, 0) is 16.0 Å². The Labute approximate surface area is 161 Å². The standard InChI is InChI=1S/C22H31N3O2/c1-4-11-23-12-13-24-22(27)21(16(2)3)25-20(26)15-17-9-10-18-7-5-6-8-19(18)14-17/h5-10,14,16,21,23H,4,11-13,15H2,1-3H3,(H,24,27)(H,25,26). The third-order valence-electron chi connectivity index (χ3n) is 4.47. The number of rotatable bonds is 10. The van der Waals surface area contributed by atoms with Gasteiger partial charge in [-0.1, -0.05) is 63.2 Å². The molecule has 0 aliphatic rings. The number of carbonyl (C=O) groups is 2. The topological polar surface area (TPSA) is 70.2 Å². The summed E-state index contributed by atoms with van der Waals surface area (Å²) in [5.41, 5.74) is 0.942. The molecule has 2 amide bonds. The van der Waals surface area contributed by atoms with Gasteiger partial charge in [0.15, 0.2) is 0 Å². The Morgan fingerprint density at radius 1 is 0.963 bits per heavy atom. The maximum Gasteiger partial charge on any atom is 0.242 e. The average Bonchev–Trinajstić information content (AvgIpc) is 2.65. The molecule has 146 valence electrons. The van der Waals surface area contributed by atoms with Crippen molar-refractivity contribution in [3.05, 3.63) is 48.0 Å². The normalized spacial score (nSPS) is 12.1. The molecular weight excluding hydrogens is 338 g/mol. The minimum atomic E-state index is -0.524. The van der Waals surface area contributed by atoms with E-state index in [2.05, 4.69) is 22.9 Å². The van der Waals surface area contributed by atoms with E-state index in [0.29, 0.717) is 6.54 Å². The molecule has 27 heavy (non-hydrogen) atoms. The molecule has 5 nitrogen and oxygen atoms in total. The van der Waals surface area contributed by atoms with Crippen LogP contribution in [0.15, 0.2) is 42.5 Å². The number of benzene rings is 2. The first-order valence-corrected chi connectivity index (χ1v) is 9.76. The fourth-order valence-electron chi connectivity index (χ4n) is 2.98. The Morgan fingerprint density at radius 3 is 2.41 bits per heavy atom. The van der Waals surface area contributed by atoms with Crippen LogP contribution in [0.1, 0.15) is 32.8 Å². The minimum Gasteiger partial charge on any atom is -0.353 e. The predicted octanol–water partition coefficient (Wildman–Crippen LogP) is 2.64. The van der Waals surface area contributed by atoms with Gasteiger partial charge in [0.25, 0.3) is 0 Å². The molecular formula is C22H31N3O2. The van der Waals surface area contributed by atoms with Crippen molar-refractivity contribution in [3.8, 4) is 0 Å². The van der Waals surface area contributed by atoms with Gasteiger partial charge in [0.05, 0.1) is 6.42 Å². The summed E-state index contributed by atoms with van der Waals surface area (Å²) >= 11 is 0. The van der Waals surface area contributed by atoms with Crippen LogP contribution in [-0.4, -0.2) is 37.5 Å². The molecule has 0 aromatic heterocycles. The van der Waals surface area contributed by atoms with E-state index in [1.165, 1.54) is 0 Å². The first-order chi connectivity index (χ1) is 13.0. The molecule has 0 saturated heterocycles. The molecule has 0 saturated carbocycles. The van der Waals surface area contributed by atoms with Crippen LogP contribution in [0.2, 0.25) is 0 Å². The van der Waals surface area contributed by atoms with E-state index < -0.39 is 6.04 Å². The van der Waals surface area contributed by atoms with Gasteiger partial charge in [-0.3, -0.25) is 9.59 Å². The quantitative estimate of drug-likeness (QED) is 0.564. The third kappa shape index (κ3) is 6.68. The van der Waals surface area contributed by atoms with E-state index in [0.717, 1.165) is 35.8 Å². The molecule has 0 heterocycles. The third-order valence-corrected chi connectivity index (χ3v) is 4.47. The molecule has 3 N–H and O–H groups in total. The number of nitrogens with one attached hydrogen (secondary N) is 3. The summed E-state index contributed by atoms with van der Waals surface area (Å²) < 4.78 is 0. The summed E-state index contributed by atoms with van der Waals surface area (Å²) in [4.78, 5) is 24.9. The second kappa shape index (κ2) is 10.7. The van der Waals surface area contributed by atoms with Crippen molar-refractivity contribution in [1.29, 1.82) is 0 Å².